The molecule has 19 atom stereocenters. The highest BCUT2D eigenvalue weighted by atomic mass is 35.5. The number of carbonyl (C=O) groups is 18. The highest BCUT2D eigenvalue weighted by Gasteiger charge is 2.43. The van der Waals surface area contributed by atoms with Gasteiger partial charge in [0.05, 0.1) is 42.3 Å². The number of hydrogen-bond donors (Lipinski definition) is 30. The Morgan fingerprint density at radius 2 is 0.705 bits per heavy atom. The van der Waals surface area contributed by atoms with E-state index in [1.54, 1.807) is 44.2 Å². The number of hydrogen-bond acceptors (Lipinski definition) is 30. The predicted octanol–water partition coefficient (Wildman–Crippen LogP) is -4.24. The normalized spacial score (nSPS) is 23.7. The second-order valence-corrected chi connectivity index (χ2v) is 35.4. The largest absolute Gasteiger partial charge is 0.508 e. The average Bonchev–Trinajstić information content (AvgIpc) is 0.759. The van der Waals surface area contributed by atoms with Crippen molar-refractivity contribution in [2.24, 2.45) is 28.9 Å². The fraction of sp³-hybridized carbons (Fsp3) is 0.381. The van der Waals surface area contributed by atoms with Crippen molar-refractivity contribution in [3.05, 3.63) is 214 Å². The van der Waals surface area contributed by atoms with Crippen LogP contribution in [0.25, 0.3) is 0 Å². The number of halogens is 1. The van der Waals surface area contributed by atoms with Gasteiger partial charge in [0.15, 0.2) is 0 Å². The molecule has 0 saturated carbocycles. The van der Waals surface area contributed by atoms with Gasteiger partial charge in [-0.25, -0.2) is 0 Å². The van der Waals surface area contributed by atoms with Crippen LogP contribution < -0.4 is 113 Å². The maximum Gasteiger partial charge on any atom is 0.248 e. The number of aliphatic hydroxyl groups excluding tert-OH is 3. The fourth-order valence-corrected chi connectivity index (χ4v) is 15.1. The van der Waals surface area contributed by atoms with E-state index in [0.29, 0.717) is 5.56 Å². The summed E-state index contributed by atoms with van der Waals surface area (Å²) in [6, 6.07) is 3.16. The van der Waals surface area contributed by atoms with Gasteiger partial charge in [-0.1, -0.05) is 123 Å². The van der Waals surface area contributed by atoms with Crippen LogP contribution in [0.15, 0.2) is 170 Å². The molecular formula is C97H122ClN21O27. The van der Waals surface area contributed by atoms with Gasteiger partial charge in [0.25, 0.3) is 0 Å². The Morgan fingerprint density at radius 1 is 0.377 bits per heavy atom. The molecule has 1 aliphatic rings. The van der Waals surface area contributed by atoms with E-state index < -0.39 is 265 Å². The van der Waals surface area contributed by atoms with Gasteiger partial charge < -0.3 is 159 Å². The summed E-state index contributed by atoms with van der Waals surface area (Å²) in [5.74, 6) is -24.8. The lowest BCUT2D eigenvalue weighted by atomic mass is 10.0. The quantitative estimate of drug-likeness (QED) is 0.0288. The van der Waals surface area contributed by atoms with E-state index in [9.17, 15) is 93.9 Å². The first-order chi connectivity index (χ1) is 69.1. The molecule has 1 heterocycles. The summed E-state index contributed by atoms with van der Waals surface area (Å²) in [6.07, 6.45) is -7.96. The van der Waals surface area contributed by atoms with Gasteiger partial charge in [0.2, 0.25) is 106 Å². The number of nitrogens with one attached hydrogen (secondary N) is 17. The van der Waals surface area contributed by atoms with E-state index in [-0.39, 0.29) is 106 Å². The van der Waals surface area contributed by atoms with Crippen molar-refractivity contribution in [3.63, 3.8) is 0 Å². The number of carbonyl (C=O) groups excluding carboxylic acids is 18. The molecule has 0 spiro atoms. The molecule has 1 fully saturated rings. The lowest BCUT2D eigenvalue weighted by Gasteiger charge is -2.30. The molecule has 18 amide bonds. The number of primary amides is 1. The van der Waals surface area contributed by atoms with Gasteiger partial charge in [-0.05, 0) is 191 Å². The van der Waals surface area contributed by atoms with Gasteiger partial charge in [0, 0.05) is 13.0 Å². The number of rotatable bonds is 23. The molecule has 1 saturated heterocycles. The van der Waals surface area contributed by atoms with Crippen LogP contribution in [0.3, 0.4) is 0 Å². The smallest absolute Gasteiger partial charge is 0.248 e. The monoisotopic (exact) mass is 2050 g/mol. The van der Waals surface area contributed by atoms with E-state index in [1.165, 1.54) is 24.3 Å². The highest BCUT2D eigenvalue weighted by molar-refractivity contribution is 6.32. The van der Waals surface area contributed by atoms with Gasteiger partial charge in [-0.2, -0.15) is 0 Å². The Kier molecular flexibility index (Phi) is 43.3. The first kappa shape index (κ1) is 115. The SMILES string of the molecule is CC(C)C[C@@H]1NC(=O)CNC(=O)[C@H](c2ccc(O)cc2)NC(=O)[C@@H]([C@@H](C)O)NC(=O)[C@H](c2ccc(O)cc2)NC(=O)[C@@H](CCCN)NC(=O)[C@H](Cc2ccccc2)NC(=O)[C@H]([C@H](C)O)NC(=O)[C@@H](c2ccc(O)cc2)NC(=O)[C@@H](c2ccc(O)cc2)NC(=O)[C@H]([C@@H](C)O)NC(=O)[C@@H](CCCN)NC(=O)[C@H](c2ccc(O)cc2)NC(=O)[C@@H](NC(=O)[C@@H](N)CC(N)=O)CNC(=O)[C@@H](c2ccc(O)c(Cl)c2)NC(=O)[C@@H](C)NC1=O. The van der Waals surface area contributed by atoms with Crippen LogP contribution in [-0.2, 0) is 92.7 Å². The van der Waals surface area contributed by atoms with Crippen LogP contribution in [0.2, 0.25) is 5.02 Å². The van der Waals surface area contributed by atoms with Crippen LogP contribution in [-0.4, -0.2) is 257 Å². The second kappa shape index (κ2) is 54.9. The minimum Gasteiger partial charge on any atom is -0.508 e. The number of phenols is 6. The number of amides is 18. The van der Waals surface area contributed by atoms with Crippen molar-refractivity contribution in [2.75, 3.05) is 26.2 Å². The number of nitrogens with two attached hydrogens (primary N) is 4. The molecule has 48 nitrogen and oxygen atoms in total. The van der Waals surface area contributed by atoms with Crippen LogP contribution in [0.1, 0.15) is 155 Å². The van der Waals surface area contributed by atoms with Gasteiger partial charge in [0.1, 0.15) is 125 Å². The van der Waals surface area contributed by atoms with Crippen molar-refractivity contribution in [3.8, 4) is 34.5 Å². The maximum absolute atomic E-state index is 15.3. The zero-order chi connectivity index (χ0) is 108. The number of phenolic OH excluding ortho intramolecular Hbond substituents is 6. The average molecular weight is 2050 g/mol. The summed E-state index contributed by atoms with van der Waals surface area (Å²) >= 11 is 6.36. The first-order valence-electron chi connectivity index (χ1n) is 46.2. The topological polar surface area (TPSA) is 798 Å². The highest BCUT2D eigenvalue weighted by Crippen LogP contribution is 2.30. The van der Waals surface area contributed by atoms with Crippen LogP contribution in [0, 0.1) is 5.92 Å². The third kappa shape index (κ3) is 34.3. The maximum atomic E-state index is 15.3. The summed E-state index contributed by atoms with van der Waals surface area (Å²) in [5, 5.41) is 138. The summed E-state index contributed by atoms with van der Waals surface area (Å²) < 4.78 is 0. The molecule has 0 aromatic heterocycles. The molecule has 49 heteroatoms. The molecule has 34 N–H and O–H groups in total. The molecule has 0 aliphatic carbocycles. The first-order valence-corrected chi connectivity index (χ1v) is 46.6. The molecule has 784 valence electrons. The summed E-state index contributed by atoms with van der Waals surface area (Å²) in [5.41, 5.74) is 22.8. The van der Waals surface area contributed by atoms with Crippen LogP contribution in [0.5, 0.6) is 34.5 Å². The minimum atomic E-state index is -2.13. The lowest BCUT2D eigenvalue weighted by molar-refractivity contribution is -0.138. The number of benzene rings is 7. The third-order valence-electron chi connectivity index (χ3n) is 22.9. The predicted molar refractivity (Wildman–Crippen MR) is 521 cm³/mol. The zero-order valence-corrected chi connectivity index (χ0v) is 80.8. The molecule has 0 unspecified atom stereocenters. The number of aromatic hydroxyl groups is 6. The number of aliphatic hydroxyl groups is 3. The molecule has 8 rings (SSSR count). The Bertz CT molecular complexity index is 5780. The van der Waals surface area contributed by atoms with Crippen molar-refractivity contribution in [2.45, 2.75) is 201 Å². The van der Waals surface area contributed by atoms with Crippen molar-refractivity contribution < 1.29 is 132 Å². The molecule has 0 bridgehead atoms. The molecular weight excluding hydrogens is 1930 g/mol. The molecule has 7 aromatic carbocycles. The van der Waals surface area contributed by atoms with E-state index in [2.05, 4.69) is 90.4 Å². The fourth-order valence-electron chi connectivity index (χ4n) is 15.0. The van der Waals surface area contributed by atoms with E-state index in [1.807, 2.05) is 0 Å². The van der Waals surface area contributed by atoms with Gasteiger partial charge >= 0.3 is 0 Å². The molecule has 1 aliphatic heterocycles. The third-order valence-corrected chi connectivity index (χ3v) is 23.2. The van der Waals surface area contributed by atoms with Crippen molar-refractivity contribution >= 4 is 118 Å². The van der Waals surface area contributed by atoms with Crippen LogP contribution in [0.4, 0.5) is 0 Å². The second-order valence-electron chi connectivity index (χ2n) is 35.0. The zero-order valence-electron chi connectivity index (χ0n) is 80.1. The van der Waals surface area contributed by atoms with E-state index >= 15 is 38.4 Å². The Morgan fingerprint density at radius 3 is 1.12 bits per heavy atom. The Labute approximate surface area is 841 Å². The summed E-state index contributed by atoms with van der Waals surface area (Å²) in [4.78, 5) is 264. The van der Waals surface area contributed by atoms with Gasteiger partial charge in [-0.15, -0.1) is 0 Å². The standard InChI is InChI=1S/C97H122ClN21O27/c1-46(2)40-67-86(135)105-47(3)82(131)114-81(57-26-37-70(128)63(98)42-57)90(139)103-44-69(110-83(132)64(101)43-71(102)129)88(137)116-77(53-18-29-59(124)30-19-53)94(143)108-66(15-11-39-100)84(133)111-74(49(5)121)92(141)118-80(56-24-35-62(127)36-25-56)97(146)119-79(55-22-33-61(126)34-23-55)96(145)112-73(48(4)120)91(140)109-68(41-51-12-8-7-9-13-51)87(136)107-65(14-10-38-99)85(134)115-78(54-20-31-60(125)32-21-54)95(144)113-75(50(6)122)93(142)117-76(52-16-27-58(123)28-17-52)89(138)104-45-72(130)106-67/h7-9,12-13,16-37,42,46-50,64-69,73-81,120-128H,10-11,14-15,38-41,43-45,99-101H2,1-6H3,(H2,102,129)(H,103,139)(H,104,138)(H,105,135)(H,106,130)(H,107,136)(H,108,143)(H,109,140)(H,110,132)(H,111,133)(H,112,145)(H,113,144)(H,114,131)(H,115,134)(H,116,137)(H,117,142)(H,118,141)(H,119,146)/t47-,48+,49-,50-,64+,65-,66-,67+,68+,69+,73+,74+,75-,76+,77+,78+,79-,80-,81-/m1/s1. The lowest BCUT2D eigenvalue weighted by Crippen LogP contribution is -2.61. The van der Waals surface area contributed by atoms with Crippen LogP contribution >= 0.6 is 11.6 Å². The Balaban J connectivity index is 1.22. The summed E-state index contributed by atoms with van der Waals surface area (Å²) in [6.45, 7) is 5.30. The van der Waals surface area contributed by atoms with E-state index in [0.717, 1.165) is 143 Å². The van der Waals surface area contributed by atoms with Crippen molar-refractivity contribution in [1.29, 1.82) is 0 Å². The van der Waals surface area contributed by atoms with Crippen molar-refractivity contribution in [1.82, 2.24) is 90.4 Å². The minimum absolute atomic E-state index is 0.0273. The Hall–Kier alpha value is -16.2. The van der Waals surface area contributed by atoms with Gasteiger partial charge in [-0.3, -0.25) is 86.3 Å². The van der Waals surface area contributed by atoms with E-state index in [4.69, 9.17) is 34.5 Å². The molecule has 7 aromatic rings. The molecule has 146 heavy (non-hydrogen) atoms. The molecule has 0 radical (unpaired) electrons. The summed E-state index contributed by atoms with van der Waals surface area (Å²) in [7, 11) is 0.